The Kier molecular flexibility index (Phi) is 3.40. The number of nitrogens with one attached hydrogen (secondary N) is 1. The summed E-state index contributed by atoms with van der Waals surface area (Å²) >= 11 is 0. The van der Waals surface area contributed by atoms with Gasteiger partial charge in [0.1, 0.15) is 17.6 Å². The quantitative estimate of drug-likeness (QED) is 0.611. The van der Waals surface area contributed by atoms with Crippen molar-refractivity contribution in [2.24, 2.45) is 5.92 Å². The SMILES string of the molecule is O=C(O)c1cc([N+](=O)[O-])cnc1NCC1CCC1. The highest BCUT2D eigenvalue weighted by Gasteiger charge is 2.20. The summed E-state index contributed by atoms with van der Waals surface area (Å²) in [6.45, 7) is 0.658. The fraction of sp³-hybridized carbons (Fsp3) is 0.455. The number of hydrogen-bond donors (Lipinski definition) is 2. The summed E-state index contributed by atoms with van der Waals surface area (Å²) in [5, 5.41) is 22.5. The summed E-state index contributed by atoms with van der Waals surface area (Å²) in [6, 6.07) is 1.03. The Morgan fingerprint density at radius 3 is 2.83 bits per heavy atom. The van der Waals surface area contributed by atoms with Crippen LogP contribution in [0, 0.1) is 16.0 Å². The standard InChI is InChI=1S/C11H13N3O4/c15-11(16)9-4-8(14(17)18)6-13-10(9)12-5-7-2-1-3-7/h4,6-7H,1-3,5H2,(H,12,13)(H,15,16). The number of hydrogen-bond acceptors (Lipinski definition) is 5. The van der Waals surface area contributed by atoms with Crippen LogP contribution in [0.2, 0.25) is 0 Å². The van der Waals surface area contributed by atoms with Crippen molar-refractivity contribution in [3.8, 4) is 0 Å². The van der Waals surface area contributed by atoms with Gasteiger partial charge in [-0.2, -0.15) is 0 Å². The number of carboxylic acid groups (broad SMARTS) is 1. The lowest BCUT2D eigenvalue weighted by Crippen LogP contribution is -2.22. The maximum absolute atomic E-state index is 11.0. The Labute approximate surface area is 103 Å². The summed E-state index contributed by atoms with van der Waals surface area (Å²) in [7, 11) is 0. The van der Waals surface area contributed by atoms with E-state index in [1.807, 2.05) is 0 Å². The van der Waals surface area contributed by atoms with E-state index in [9.17, 15) is 14.9 Å². The van der Waals surface area contributed by atoms with Crippen LogP contribution in [-0.2, 0) is 0 Å². The molecule has 2 N–H and O–H groups in total. The van der Waals surface area contributed by atoms with Crippen LogP contribution in [0.4, 0.5) is 11.5 Å². The smallest absolute Gasteiger partial charge is 0.339 e. The van der Waals surface area contributed by atoms with Crippen molar-refractivity contribution in [2.75, 3.05) is 11.9 Å². The molecule has 1 heterocycles. The van der Waals surface area contributed by atoms with Crippen molar-refractivity contribution >= 4 is 17.5 Å². The number of aromatic carboxylic acids is 1. The third-order valence-electron chi connectivity index (χ3n) is 3.10. The molecule has 1 aromatic heterocycles. The Balaban J connectivity index is 2.16. The first kappa shape index (κ1) is 12.3. The predicted octanol–water partition coefficient (Wildman–Crippen LogP) is 1.90. The third-order valence-corrected chi connectivity index (χ3v) is 3.10. The lowest BCUT2D eigenvalue weighted by atomic mass is 9.85. The molecule has 96 valence electrons. The molecule has 0 atom stereocenters. The minimum Gasteiger partial charge on any atom is -0.478 e. The van der Waals surface area contributed by atoms with Gasteiger partial charge in [0.2, 0.25) is 0 Å². The summed E-state index contributed by atoms with van der Waals surface area (Å²) in [4.78, 5) is 24.7. The minimum absolute atomic E-state index is 0.163. The lowest BCUT2D eigenvalue weighted by Gasteiger charge is -2.25. The maximum Gasteiger partial charge on any atom is 0.339 e. The van der Waals surface area contributed by atoms with Crippen LogP contribution >= 0.6 is 0 Å². The second-order valence-electron chi connectivity index (χ2n) is 4.33. The van der Waals surface area contributed by atoms with Gasteiger partial charge in [0.15, 0.2) is 0 Å². The molecule has 0 aromatic carbocycles. The van der Waals surface area contributed by atoms with Gasteiger partial charge in [0.05, 0.1) is 4.92 Å². The molecular weight excluding hydrogens is 238 g/mol. The highest BCUT2D eigenvalue weighted by atomic mass is 16.6. The van der Waals surface area contributed by atoms with E-state index in [1.165, 1.54) is 6.42 Å². The Morgan fingerprint density at radius 1 is 1.61 bits per heavy atom. The zero-order chi connectivity index (χ0) is 13.1. The number of rotatable bonds is 5. The Bertz CT molecular complexity index is 485. The van der Waals surface area contributed by atoms with Crippen LogP contribution < -0.4 is 5.32 Å². The van der Waals surface area contributed by atoms with E-state index in [1.54, 1.807) is 0 Å². The summed E-state index contributed by atoms with van der Waals surface area (Å²) in [5.74, 6) is -0.481. The predicted molar refractivity (Wildman–Crippen MR) is 63.7 cm³/mol. The van der Waals surface area contributed by atoms with Crippen molar-refractivity contribution in [3.05, 3.63) is 27.9 Å². The van der Waals surface area contributed by atoms with Crippen molar-refractivity contribution in [1.82, 2.24) is 4.98 Å². The first-order valence-corrected chi connectivity index (χ1v) is 5.69. The van der Waals surface area contributed by atoms with Gasteiger partial charge in [-0.3, -0.25) is 10.1 Å². The van der Waals surface area contributed by atoms with E-state index >= 15 is 0 Å². The van der Waals surface area contributed by atoms with E-state index in [-0.39, 0.29) is 17.1 Å². The van der Waals surface area contributed by atoms with Gasteiger partial charge < -0.3 is 10.4 Å². The van der Waals surface area contributed by atoms with Gasteiger partial charge in [0.25, 0.3) is 5.69 Å². The molecule has 2 rings (SSSR count). The van der Waals surface area contributed by atoms with Gasteiger partial charge in [-0.1, -0.05) is 6.42 Å². The highest BCUT2D eigenvalue weighted by Crippen LogP contribution is 2.27. The molecule has 0 radical (unpaired) electrons. The molecule has 0 aliphatic heterocycles. The van der Waals surface area contributed by atoms with E-state index in [4.69, 9.17) is 5.11 Å². The fourth-order valence-corrected chi connectivity index (χ4v) is 1.80. The van der Waals surface area contributed by atoms with Gasteiger partial charge in [-0.25, -0.2) is 9.78 Å². The molecule has 0 unspecified atom stereocenters. The Hall–Kier alpha value is -2.18. The van der Waals surface area contributed by atoms with E-state index in [2.05, 4.69) is 10.3 Å². The number of aromatic nitrogens is 1. The number of anilines is 1. The summed E-state index contributed by atoms with van der Waals surface area (Å²) in [6.07, 6.45) is 4.52. The molecule has 0 bridgehead atoms. The van der Waals surface area contributed by atoms with Gasteiger partial charge >= 0.3 is 5.97 Å². The van der Waals surface area contributed by atoms with Crippen molar-refractivity contribution in [3.63, 3.8) is 0 Å². The van der Waals surface area contributed by atoms with Crippen LogP contribution in [0.5, 0.6) is 0 Å². The van der Waals surface area contributed by atoms with E-state index in [0.717, 1.165) is 25.1 Å². The largest absolute Gasteiger partial charge is 0.478 e. The van der Waals surface area contributed by atoms with Crippen LogP contribution in [-0.4, -0.2) is 27.5 Å². The molecule has 0 spiro atoms. The molecule has 7 heteroatoms. The van der Waals surface area contributed by atoms with Crippen molar-refractivity contribution in [2.45, 2.75) is 19.3 Å². The molecule has 7 nitrogen and oxygen atoms in total. The van der Waals surface area contributed by atoms with Gasteiger partial charge in [-0.05, 0) is 18.8 Å². The highest BCUT2D eigenvalue weighted by molar-refractivity contribution is 5.93. The average Bonchev–Trinajstić information content (AvgIpc) is 2.26. The topological polar surface area (TPSA) is 105 Å². The molecule has 0 saturated heterocycles. The minimum atomic E-state index is -1.22. The zero-order valence-electron chi connectivity index (χ0n) is 9.63. The molecule has 0 amide bonds. The van der Waals surface area contributed by atoms with Crippen molar-refractivity contribution in [1.29, 1.82) is 0 Å². The first-order valence-electron chi connectivity index (χ1n) is 5.69. The normalized spacial score (nSPS) is 14.9. The molecule has 18 heavy (non-hydrogen) atoms. The number of carbonyl (C=O) groups is 1. The molecule has 1 aromatic rings. The molecular formula is C11H13N3O4. The summed E-state index contributed by atoms with van der Waals surface area (Å²) in [5.41, 5.74) is -0.481. The number of nitrogens with zero attached hydrogens (tertiary/aromatic N) is 2. The average molecular weight is 251 g/mol. The van der Waals surface area contributed by atoms with E-state index < -0.39 is 10.9 Å². The van der Waals surface area contributed by atoms with Gasteiger partial charge in [-0.15, -0.1) is 0 Å². The van der Waals surface area contributed by atoms with Crippen LogP contribution in [0.15, 0.2) is 12.3 Å². The Morgan fingerprint density at radius 2 is 2.33 bits per heavy atom. The zero-order valence-corrected chi connectivity index (χ0v) is 9.63. The lowest BCUT2D eigenvalue weighted by molar-refractivity contribution is -0.385. The second kappa shape index (κ2) is 4.99. The maximum atomic E-state index is 11.0. The molecule has 1 fully saturated rings. The molecule has 1 aliphatic carbocycles. The van der Waals surface area contributed by atoms with Crippen molar-refractivity contribution < 1.29 is 14.8 Å². The fourth-order valence-electron chi connectivity index (χ4n) is 1.80. The number of nitro groups is 1. The molecule has 1 saturated carbocycles. The van der Waals surface area contributed by atoms with Crippen LogP contribution in [0.3, 0.4) is 0 Å². The number of carboxylic acids is 1. The monoisotopic (exact) mass is 251 g/mol. The first-order chi connectivity index (χ1) is 8.58. The van der Waals surface area contributed by atoms with E-state index in [0.29, 0.717) is 12.5 Å². The third kappa shape index (κ3) is 2.55. The van der Waals surface area contributed by atoms with Crippen LogP contribution in [0.25, 0.3) is 0 Å². The molecule has 1 aliphatic rings. The van der Waals surface area contributed by atoms with Gasteiger partial charge in [0, 0.05) is 12.6 Å². The van der Waals surface area contributed by atoms with Crippen LogP contribution in [0.1, 0.15) is 29.6 Å². The number of pyridine rings is 1. The second-order valence-corrected chi connectivity index (χ2v) is 4.33. The summed E-state index contributed by atoms with van der Waals surface area (Å²) < 4.78 is 0.